The molecule has 1 aliphatic carbocycles. The third-order valence-corrected chi connectivity index (χ3v) is 6.61. The number of methoxy groups -OCH3 is 1. The van der Waals surface area contributed by atoms with Crippen molar-refractivity contribution in [3.63, 3.8) is 0 Å². The summed E-state index contributed by atoms with van der Waals surface area (Å²) in [6.45, 7) is -0.0688. The number of aromatic nitrogens is 2. The summed E-state index contributed by atoms with van der Waals surface area (Å²) in [5, 5.41) is 0. The Morgan fingerprint density at radius 3 is 2.38 bits per heavy atom. The number of ether oxygens (including phenoxy) is 2. The predicted molar refractivity (Wildman–Crippen MR) is 131 cm³/mol. The summed E-state index contributed by atoms with van der Waals surface area (Å²) >= 11 is 0. The number of rotatable bonds is 7. The lowest BCUT2D eigenvalue weighted by molar-refractivity contribution is -0.142. The molecule has 0 radical (unpaired) electrons. The van der Waals surface area contributed by atoms with Crippen molar-refractivity contribution in [3.8, 4) is 5.75 Å². The Morgan fingerprint density at radius 1 is 1.00 bits per heavy atom. The number of hydrogen-bond donors (Lipinski definition) is 1. The average molecular weight is 453 g/mol. The highest BCUT2D eigenvalue weighted by Crippen LogP contribution is 2.37. The largest absolute Gasteiger partial charge is 0.482 e. The lowest BCUT2D eigenvalue weighted by Crippen LogP contribution is -2.17. The Hall–Kier alpha value is -3.86. The van der Waals surface area contributed by atoms with Crippen molar-refractivity contribution in [3.05, 3.63) is 119 Å². The van der Waals surface area contributed by atoms with Crippen LogP contribution in [0, 0.1) is 0 Å². The molecule has 0 spiro atoms. The Morgan fingerprint density at radius 2 is 1.71 bits per heavy atom. The molecule has 0 fully saturated rings. The zero-order valence-corrected chi connectivity index (χ0v) is 19.2. The highest BCUT2D eigenvalue weighted by atomic mass is 16.6. The summed E-state index contributed by atoms with van der Waals surface area (Å²) in [7, 11) is 1.37. The molecule has 0 bridgehead atoms. The molecule has 0 amide bonds. The monoisotopic (exact) mass is 452 g/mol. The van der Waals surface area contributed by atoms with Gasteiger partial charge in [0.1, 0.15) is 11.6 Å². The van der Waals surface area contributed by atoms with Gasteiger partial charge in [0.15, 0.2) is 6.61 Å². The third kappa shape index (κ3) is 4.60. The van der Waals surface area contributed by atoms with E-state index in [0.29, 0.717) is 5.92 Å². The number of nitrogens with one attached hydrogen (secondary N) is 1. The number of benzene rings is 3. The van der Waals surface area contributed by atoms with Gasteiger partial charge in [0, 0.05) is 17.8 Å². The lowest BCUT2D eigenvalue weighted by Gasteiger charge is -2.25. The number of fused-ring (bicyclic) bond motifs is 1. The van der Waals surface area contributed by atoms with Gasteiger partial charge in [-0.15, -0.1) is 0 Å². The first-order valence-corrected chi connectivity index (χ1v) is 11.7. The summed E-state index contributed by atoms with van der Waals surface area (Å²) in [6.07, 6.45) is 4.80. The van der Waals surface area contributed by atoms with Crippen LogP contribution in [0.3, 0.4) is 0 Å². The van der Waals surface area contributed by atoms with Crippen LogP contribution in [-0.2, 0) is 22.4 Å². The molecule has 5 heteroatoms. The zero-order valence-electron chi connectivity index (χ0n) is 19.2. The summed E-state index contributed by atoms with van der Waals surface area (Å²) < 4.78 is 10.4. The molecule has 34 heavy (non-hydrogen) atoms. The molecular weight excluding hydrogens is 424 g/mol. The summed E-state index contributed by atoms with van der Waals surface area (Å²) in [4.78, 5) is 20.0. The zero-order chi connectivity index (χ0) is 23.3. The van der Waals surface area contributed by atoms with Gasteiger partial charge in [-0.25, -0.2) is 9.78 Å². The van der Waals surface area contributed by atoms with Gasteiger partial charge in [0.25, 0.3) is 0 Å². The van der Waals surface area contributed by atoms with Gasteiger partial charge in [-0.05, 0) is 47.6 Å². The molecule has 5 rings (SSSR count). The fourth-order valence-electron chi connectivity index (χ4n) is 4.87. The van der Waals surface area contributed by atoms with Crippen LogP contribution in [0.5, 0.6) is 5.75 Å². The number of aromatic amines is 1. The average Bonchev–Trinajstić information content (AvgIpc) is 3.38. The van der Waals surface area contributed by atoms with Gasteiger partial charge in [-0.2, -0.15) is 0 Å². The van der Waals surface area contributed by atoms with E-state index in [1.54, 1.807) is 0 Å². The molecule has 0 saturated heterocycles. The standard InChI is InChI=1S/C29H28N2O3/c1-33-27(32)19-34-26-14-8-13-22-17-23(15-16-24(22)26)25-18-30-29(31-25)28(20-9-4-2-5-10-20)21-11-6-3-7-12-21/h2-14,18,23,28H,15-17,19H2,1H3,(H,30,31). The predicted octanol–water partition coefficient (Wildman–Crippen LogP) is 5.41. The van der Waals surface area contributed by atoms with Crippen LogP contribution in [-0.4, -0.2) is 29.7 Å². The van der Waals surface area contributed by atoms with Crippen molar-refractivity contribution in [1.29, 1.82) is 0 Å². The first-order valence-electron chi connectivity index (χ1n) is 11.7. The Kier molecular flexibility index (Phi) is 6.43. The van der Waals surface area contributed by atoms with E-state index in [2.05, 4.69) is 59.6 Å². The molecular formula is C29H28N2O3. The SMILES string of the molecule is COC(=O)COc1cccc2c1CCC(c1cnc(C(c3ccccc3)c3ccccc3)[nH]1)C2. The Labute approximate surface area is 199 Å². The molecule has 1 N–H and O–H groups in total. The van der Waals surface area contributed by atoms with Gasteiger partial charge in [-0.1, -0.05) is 72.8 Å². The number of H-pyrrole nitrogens is 1. The second-order valence-electron chi connectivity index (χ2n) is 8.68. The molecule has 172 valence electrons. The van der Waals surface area contributed by atoms with E-state index in [0.717, 1.165) is 30.8 Å². The minimum Gasteiger partial charge on any atom is -0.482 e. The van der Waals surface area contributed by atoms with Crippen molar-refractivity contribution >= 4 is 5.97 Å². The molecule has 1 unspecified atom stereocenters. The number of carbonyl (C=O) groups excluding carboxylic acids is 1. The molecule has 0 aliphatic heterocycles. The van der Waals surface area contributed by atoms with Crippen LogP contribution < -0.4 is 4.74 Å². The van der Waals surface area contributed by atoms with Crippen LogP contribution in [0.4, 0.5) is 0 Å². The maximum absolute atomic E-state index is 11.5. The fourth-order valence-corrected chi connectivity index (χ4v) is 4.87. The van der Waals surface area contributed by atoms with Gasteiger partial charge < -0.3 is 14.5 Å². The number of imidazole rings is 1. The van der Waals surface area contributed by atoms with Gasteiger partial charge in [0.2, 0.25) is 0 Å². The molecule has 3 aromatic carbocycles. The van der Waals surface area contributed by atoms with Crippen LogP contribution in [0.1, 0.15) is 52.0 Å². The number of nitrogens with zero attached hydrogens (tertiary/aromatic N) is 1. The van der Waals surface area contributed by atoms with Crippen molar-refractivity contribution in [2.75, 3.05) is 13.7 Å². The maximum atomic E-state index is 11.5. The first-order chi connectivity index (χ1) is 16.7. The van der Waals surface area contributed by atoms with Crippen LogP contribution in [0.25, 0.3) is 0 Å². The topological polar surface area (TPSA) is 64.2 Å². The number of hydrogen-bond acceptors (Lipinski definition) is 4. The second kappa shape index (κ2) is 9.96. The Balaban J connectivity index is 1.39. The van der Waals surface area contributed by atoms with Gasteiger partial charge >= 0.3 is 5.97 Å². The highest BCUT2D eigenvalue weighted by molar-refractivity contribution is 5.71. The second-order valence-corrected chi connectivity index (χ2v) is 8.68. The Bertz CT molecular complexity index is 1210. The molecule has 0 saturated carbocycles. The number of carbonyl (C=O) groups is 1. The lowest BCUT2D eigenvalue weighted by atomic mass is 9.82. The first kappa shape index (κ1) is 22.0. The molecule has 1 aromatic heterocycles. The van der Waals surface area contributed by atoms with E-state index in [9.17, 15) is 4.79 Å². The minimum absolute atomic E-state index is 0.0605. The minimum atomic E-state index is -0.373. The van der Waals surface area contributed by atoms with E-state index in [4.69, 9.17) is 14.5 Å². The van der Waals surface area contributed by atoms with E-state index in [1.165, 1.54) is 35.1 Å². The van der Waals surface area contributed by atoms with E-state index in [1.807, 2.05) is 30.5 Å². The molecule has 1 heterocycles. The van der Waals surface area contributed by atoms with Crippen LogP contribution >= 0.6 is 0 Å². The summed E-state index contributed by atoms with van der Waals surface area (Å²) in [6, 6.07) is 27.1. The van der Waals surface area contributed by atoms with Crippen LogP contribution in [0.2, 0.25) is 0 Å². The van der Waals surface area contributed by atoms with Crippen molar-refractivity contribution in [2.24, 2.45) is 0 Å². The summed E-state index contributed by atoms with van der Waals surface area (Å²) in [5.74, 6) is 1.79. The van der Waals surface area contributed by atoms with E-state index in [-0.39, 0.29) is 18.5 Å². The van der Waals surface area contributed by atoms with Crippen molar-refractivity contribution in [2.45, 2.75) is 31.1 Å². The van der Waals surface area contributed by atoms with E-state index >= 15 is 0 Å². The van der Waals surface area contributed by atoms with Crippen LogP contribution in [0.15, 0.2) is 85.1 Å². The number of esters is 1. The van der Waals surface area contributed by atoms with Gasteiger partial charge in [-0.3, -0.25) is 0 Å². The van der Waals surface area contributed by atoms with E-state index < -0.39 is 0 Å². The highest BCUT2D eigenvalue weighted by Gasteiger charge is 2.26. The third-order valence-electron chi connectivity index (χ3n) is 6.61. The molecule has 1 aliphatic rings. The smallest absolute Gasteiger partial charge is 0.343 e. The quantitative estimate of drug-likeness (QED) is 0.381. The van der Waals surface area contributed by atoms with Gasteiger partial charge in [0.05, 0.1) is 13.0 Å². The summed E-state index contributed by atoms with van der Waals surface area (Å²) in [5.41, 5.74) is 6.05. The fraction of sp³-hybridized carbons (Fsp3) is 0.241. The molecule has 5 nitrogen and oxygen atoms in total. The normalized spacial score (nSPS) is 15.1. The maximum Gasteiger partial charge on any atom is 0.343 e. The molecule has 1 atom stereocenters. The molecule has 4 aromatic rings. The van der Waals surface area contributed by atoms with Crippen molar-refractivity contribution < 1.29 is 14.3 Å². The van der Waals surface area contributed by atoms with Crippen molar-refractivity contribution in [1.82, 2.24) is 9.97 Å².